The number of aromatic nitrogens is 2. The molecule has 0 bridgehead atoms. The van der Waals surface area contributed by atoms with Gasteiger partial charge in [0.1, 0.15) is 12.1 Å². The maximum atomic E-state index is 12.3. The van der Waals surface area contributed by atoms with Crippen molar-refractivity contribution in [3.8, 4) is 0 Å². The van der Waals surface area contributed by atoms with Gasteiger partial charge < -0.3 is 24.8 Å². The number of esters is 1. The quantitative estimate of drug-likeness (QED) is 0.243. The molecule has 0 saturated heterocycles. The normalized spacial score (nSPS) is 11.6. The number of carbonyl (C=O) groups excluding carboxylic acids is 3. The number of rotatable bonds is 8. The van der Waals surface area contributed by atoms with E-state index in [1.165, 1.54) is 13.3 Å². The van der Waals surface area contributed by atoms with Crippen molar-refractivity contribution in [2.24, 2.45) is 0 Å². The molecule has 1 aromatic heterocycles. The van der Waals surface area contributed by atoms with E-state index in [2.05, 4.69) is 41.3 Å². The van der Waals surface area contributed by atoms with Crippen molar-refractivity contribution in [2.75, 3.05) is 17.2 Å². The largest absolute Gasteiger partial charge is 0.511 e. The van der Waals surface area contributed by atoms with Crippen LogP contribution in [-0.4, -0.2) is 40.9 Å². The van der Waals surface area contributed by atoms with Crippen LogP contribution in [0.5, 0.6) is 0 Å². The minimum Gasteiger partial charge on any atom is -0.435 e. The molecule has 0 radical (unpaired) electrons. The summed E-state index contributed by atoms with van der Waals surface area (Å²) in [5, 5.41) is 6.58. The van der Waals surface area contributed by atoms with Gasteiger partial charge in [-0.2, -0.15) is 0 Å². The molecule has 1 amide bonds. The van der Waals surface area contributed by atoms with Crippen LogP contribution in [0, 0.1) is 0 Å². The van der Waals surface area contributed by atoms with Crippen LogP contribution in [0.2, 0.25) is 0 Å². The first-order valence-corrected chi connectivity index (χ1v) is 10.9. The zero-order valence-electron chi connectivity index (χ0n) is 18.3. The molecule has 0 spiro atoms. The summed E-state index contributed by atoms with van der Waals surface area (Å²) in [7, 11) is 0. The smallest absolute Gasteiger partial charge is 0.435 e. The second-order valence-electron chi connectivity index (χ2n) is 6.72. The molecule has 2 aromatic carbocycles. The van der Waals surface area contributed by atoms with Crippen LogP contribution in [0.1, 0.15) is 13.8 Å². The predicted octanol–water partition coefficient (Wildman–Crippen LogP) is 4.69. The van der Waals surface area contributed by atoms with Crippen molar-refractivity contribution < 1.29 is 28.6 Å². The Kier molecular flexibility index (Phi) is 8.52. The number of benzene rings is 2. The minimum absolute atomic E-state index is 0.127. The third-order valence-corrected chi connectivity index (χ3v) is 4.66. The van der Waals surface area contributed by atoms with Crippen molar-refractivity contribution in [1.29, 1.82) is 0 Å². The van der Waals surface area contributed by atoms with Gasteiger partial charge >= 0.3 is 12.1 Å². The first kappa shape index (κ1) is 24.6. The van der Waals surface area contributed by atoms with Gasteiger partial charge in [0.2, 0.25) is 12.2 Å². The SMILES string of the molecule is CCOC(=O)OC(C)OC(=O)C=CC(=O)Nc1ccc2ncnc(Nc3cccc(Br)c3)c2c1. The zero-order valence-corrected chi connectivity index (χ0v) is 19.9. The minimum atomic E-state index is -1.17. The van der Waals surface area contributed by atoms with Gasteiger partial charge in [-0.25, -0.2) is 19.6 Å². The number of nitrogens with zero attached hydrogens (tertiary/aromatic N) is 2. The maximum absolute atomic E-state index is 12.3. The average Bonchev–Trinajstić information content (AvgIpc) is 2.78. The molecule has 0 aliphatic carbocycles. The Labute approximate surface area is 203 Å². The Hall–Kier alpha value is -3.99. The highest BCUT2D eigenvalue weighted by Crippen LogP contribution is 2.27. The summed E-state index contributed by atoms with van der Waals surface area (Å²) < 4.78 is 15.1. The predicted molar refractivity (Wildman–Crippen MR) is 128 cm³/mol. The molecule has 0 saturated carbocycles. The van der Waals surface area contributed by atoms with Crippen molar-refractivity contribution in [3.05, 3.63) is 65.4 Å². The number of hydrogen-bond donors (Lipinski definition) is 2. The number of hydrogen-bond acceptors (Lipinski definition) is 9. The van der Waals surface area contributed by atoms with E-state index in [-0.39, 0.29) is 6.61 Å². The number of anilines is 3. The molecule has 3 rings (SSSR count). The molecule has 1 unspecified atom stereocenters. The fourth-order valence-electron chi connectivity index (χ4n) is 2.78. The number of halogens is 1. The van der Waals surface area contributed by atoms with E-state index >= 15 is 0 Å². The third-order valence-electron chi connectivity index (χ3n) is 4.17. The first-order chi connectivity index (χ1) is 16.3. The van der Waals surface area contributed by atoms with Crippen molar-refractivity contribution in [2.45, 2.75) is 20.1 Å². The van der Waals surface area contributed by atoms with E-state index in [4.69, 9.17) is 9.47 Å². The maximum Gasteiger partial charge on any atom is 0.511 e. The molecule has 3 aromatic rings. The number of fused-ring (bicyclic) bond motifs is 1. The van der Waals surface area contributed by atoms with Crippen molar-refractivity contribution in [1.82, 2.24) is 9.97 Å². The van der Waals surface area contributed by atoms with Gasteiger partial charge in [-0.15, -0.1) is 0 Å². The van der Waals surface area contributed by atoms with Crippen molar-refractivity contribution >= 4 is 62.1 Å². The topological polar surface area (TPSA) is 129 Å². The van der Waals surface area contributed by atoms with Crippen LogP contribution in [0.4, 0.5) is 22.0 Å². The van der Waals surface area contributed by atoms with Gasteiger partial charge in [0.15, 0.2) is 0 Å². The van der Waals surface area contributed by atoms with E-state index in [9.17, 15) is 14.4 Å². The lowest BCUT2D eigenvalue weighted by molar-refractivity contribution is -0.161. The first-order valence-electron chi connectivity index (χ1n) is 10.1. The van der Waals surface area contributed by atoms with Crippen LogP contribution in [0.3, 0.4) is 0 Å². The van der Waals surface area contributed by atoms with Crippen LogP contribution < -0.4 is 10.6 Å². The van der Waals surface area contributed by atoms with Gasteiger partial charge in [-0.1, -0.05) is 22.0 Å². The molecule has 0 fully saturated rings. The van der Waals surface area contributed by atoms with Gasteiger partial charge in [0, 0.05) is 40.3 Å². The molecule has 34 heavy (non-hydrogen) atoms. The highest BCUT2D eigenvalue weighted by Gasteiger charge is 2.13. The van der Waals surface area contributed by atoms with Crippen LogP contribution in [0.25, 0.3) is 10.9 Å². The standard InChI is InChI=1S/C23H21BrN4O6/c1-3-32-23(31)34-14(2)33-21(30)10-9-20(29)27-17-7-8-19-18(12-17)22(26-13-25-19)28-16-6-4-5-15(24)11-16/h4-14H,3H2,1-2H3,(H,27,29)(H,25,26,28). The summed E-state index contributed by atoms with van der Waals surface area (Å²) in [6.07, 6.45) is 1.24. The van der Waals surface area contributed by atoms with Crippen LogP contribution >= 0.6 is 15.9 Å². The van der Waals surface area contributed by atoms with E-state index in [0.717, 1.165) is 22.3 Å². The van der Waals surface area contributed by atoms with Gasteiger partial charge in [-0.3, -0.25) is 4.79 Å². The fraction of sp³-hybridized carbons (Fsp3) is 0.174. The molecule has 1 heterocycles. The summed E-state index contributed by atoms with van der Waals surface area (Å²) in [6.45, 7) is 3.09. The number of nitrogens with one attached hydrogen (secondary N) is 2. The zero-order chi connectivity index (χ0) is 24.5. The average molecular weight is 529 g/mol. The van der Waals surface area contributed by atoms with Gasteiger partial charge in [0.25, 0.3) is 0 Å². The third kappa shape index (κ3) is 7.27. The highest BCUT2D eigenvalue weighted by atomic mass is 79.9. The van der Waals surface area contributed by atoms with Gasteiger partial charge in [0.05, 0.1) is 12.1 Å². The summed E-state index contributed by atoms with van der Waals surface area (Å²) in [5.41, 5.74) is 1.98. The fourth-order valence-corrected chi connectivity index (χ4v) is 3.18. The van der Waals surface area contributed by atoms with E-state index in [0.29, 0.717) is 22.4 Å². The lowest BCUT2D eigenvalue weighted by Crippen LogP contribution is -2.21. The van der Waals surface area contributed by atoms with Crippen LogP contribution in [-0.2, 0) is 23.8 Å². The van der Waals surface area contributed by atoms with Crippen molar-refractivity contribution in [3.63, 3.8) is 0 Å². The van der Waals surface area contributed by atoms with Gasteiger partial charge in [-0.05, 0) is 43.3 Å². The summed E-state index contributed by atoms with van der Waals surface area (Å²) in [5.74, 6) is -0.859. The van der Waals surface area contributed by atoms with E-state index in [1.807, 2.05) is 24.3 Å². The highest BCUT2D eigenvalue weighted by molar-refractivity contribution is 9.10. The Morgan fingerprint density at radius 2 is 1.88 bits per heavy atom. The second-order valence-corrected chi connectivity index (χ2v) is 7.63. The summed E-state index contributed by atoms with van der Waals surface area (Å²) in [6, 6.07) is 12.7. The molecule has 1 atom stereocenters. The Bertz CT molecular complexity index is 1230. The molecule has 0 aliphatic rings. The van der Waals surface area contributed by atoms with Crippen LogP contribution in [0.15, 0.2) is 65.4 Å². The molecule has 10 nitrogen and oxygen atoms in total. The Balaban J connectivity index is 1.64. The molecule has 176 valence electrons. The number of ether oxygens (including phenoxy) is 3. The molecular weight excluding hydrogens is 508 g/mol. The van der Waals surface area contributed by atoms with E-state index < -0.39 is 24.3 Å². The second kappa shape index (κ2) is 11.8. The summed E-state index contributed by atoms with van der Waals surface area (Å²) >= 11 is 3.43. The summed E-state index contributed by atoms with van der Waals surface area (Å²) in [4.78, 5) is 43.8. The monoisotopic (exact) mass is 528 g/mol. The lowest BCUT2D eigenvalue weighted by atomic mass is 10.2. The lowest BCUT2D eigenvalue weighted by Gasteiger charge is -2.12. The number of amides is 1. The molecule has 11 heteroatoms. The molecule has 2 N–H and O–H groups in total. The number of carbonyl (C=O) groups is 3. The Morgan fingerprint density at radius 3 is 2.65 bits per heavy atom. The molecular formula is C23H21BrN4O6. The molecule has 0 aliphatic heterocycles. The Morgan fingerprint density at radius 1 is 1.06 bits per heavy atom. The van der Waals surface area contributed by atoms with E-state index in [1.54, 1.807) is 25.1 Å².